The van der Waals surface area contributed by atoms with Gasteiger partial charge < -0.3 is 5.32 Å². The van der Waals surface area contributed by atoms with Crippen LogP contribution in [0.3, 0.4) is 0 Å². The largest absolute Gasteiger partial charge is 0.381 e. The highest BCUT2D eigenvalue weighted by Gasteiger charge is 2.38. The molecular formula is C15H18ClN3. The van der Waals surface area contributed by atoms with Crippen LogP contribution in [-0.4, -0.2) is 29.6 Å². The molecule has 3 nitrogen and oxygen atoms in total. The fourth-order valence-electron chi connectivity index (χ4n) is 3.01. The van der Waals surface area contributed by atoms with Crippen molar-refractivity contribution in [2.75, 3.05) is 11.9 Å². The van der Waals surface area contributed by atoms with Gasteiger partial charge in [0.15, 0.2) is 0 Å². The van der Waals surface area contributed by atoms with Crippen molar-refractivity contribution in [3.05, 3.63) is 28.8 Å². The van der Waals surface area contributed by atoms with E-state index in [-0.39, 0.29) is 0 Å². The van der Waals surface area contributed by atoms with Crippen molar-refractivity contribution in [3.8, 4) is 6.07 Å². The zero-order chi connectivity index (χ0) is 13.4. The molecule has 0 radical (unpaired) electrons. The van der Waals surface area contributed by atoms with Crippen LogP contribution < -0.4 is 5.32 Å². The van der Waals surface area contributed by atoms with Crippen molar-refractivity contribution in [3.63, 3.8) is 0 Å². The van der Waals surface area contributed by atoms with Gasteiger partial charge >= 0.3 is 0 Å². The van der Waals surface area contributed by atoms with E-state index >= 15 is 0 Å². The van der Waals surface area contributed by atoms with E-state index in [0.717, 1.165) is 18.3 Å². The van der Waals surface area contributed by atoms with Gasteiger partial charge in [0.25, 0.3) is 0 Å². The van der Waals surface area contributed by atoms with Gasteiger partial charge in [0.05, 0.1) is 10.6 Å². The molecule has 100 valence electrons. The molecule has 2 aliphatic rings. The Kier molecular flexibility index (Phi) is 3.38. The molecule has 0 spiro atoms. The first-order valence-electron chi connectivity index (χ1n) is 6.89. The molecule has 1 heterocycles. The molecule has 0 aromatic heterocycles. The molecule has 1 saturated heterocycles. The lowest BCUT2D eigenvalue weighted by Gasteiger charge is -2.20. The lowest BCUT2D eigenvalue weighted by Crippen LogP contribution is -2.31. The number of nitrogens with zero attached hydrogens (tertiary/aromatic N) is 2. The fourth-order valence-corrected chi connectivity index (χ4v) is 3.23. The van der Waals surface area contributed by atoms with Gasteiger partial charge in [-0.1, -0.05) is 11.6 Å². The lowest BCUT2D eigenvalue weighted by molar-refractivity contribution is 0.257. The van der Waals surface area contributed by atoms with Crippen molar-refractivity contribution in [2.45, 2.75) is 44.3 Å². The highest BCUT2D eigenvalue weighted by Crippen LogP contribution is 2.34. The van der Waals surface area contributed by atoms with Crippen LogP contribution in [0.5, 0.6) is 0 Å². The maximum atomic E-state index is 8.87. The second-order valence-corrected chi connectivity index (χ2v) is 6.07. The Bertz CT molecular complexity index is 519. The Morgan fingerprint density at radius 2 is 2.21 bits per heavy atom. The molecule has 0 amide bonds. The minimum absolute atomic E-state index is 0.486. The summed E-state index contributed by atoms with van der Waals surface area (Å²) in [5.74, 6) is 0. The summed E-state index contributed by atoms with van der Waals surface area (Å²) in [6, 6.07) is 9.63. The van der Waals surface area contributed by atoms with Gasteiger partial charge in [0.1, 0.15) is 6.07 Å². The van der Waals surface area contributed by atoms with Crippen molar-refractivity contribution in [1.29, 1.82) is 5.26 Å². The minimum atomic E-state index is 0.486. The smallest absolute Gasteiger partial charge is 0.101 e. The van der Waals surface area contributed by atoms with Crippen molar-refractivity contribution < 1.29 is 0 Å². The second kappa shape index (κ2) is 5.03. The van der Waals surface area contributed by atoms with Crippen LogP contribution in [0.15, 0.2) is 18.2 Å². The molecule has 1 saturated carbocycles. The third-order valence-corrected chi connectivity index (χ3v) is 4.41. The molecule has 1 aliphatic heterocycles. The Balaban J connectivity index is 1.66. The van der Waals surface area contributed by atoms with Gasteiger partial charge in [-0.15, -0.1) is 0 Å². The van der Waals surface area contributed by atoms with Gasteiger partial charge in [-0.25, -0.2) is 0 Å². The molecule has 2 unspecified atom stereocenters. The van der Waals surface area contributed by atoms with E-state index < -0.39 is 0 Å². The van der Waals surface area contributed by atoms with Gasteiger partial charge in [0.2, 0.25) is 0 Å². The number of hydrogen-bond donors (Lipinski definition) is 1. The number of anilines is 1. The summed E-state index contributed by atoms with van der Waals surface area (Å²) in [7, 11) is 0. The van der Waals surface area contributed by atoms with Gasteiger partial charge in [-0.3, -0.25) is 4.90 Å². The Hall–Kier alpha value is -1.24. The van der Waals surface area contributed by atoms with Gasteiger partial charge in [-0.05, 0) is 44.4 Å². The lowest BCUT2D eigenvalue weighted by atomic mass is 10.1. The van der Waals surface area contributed by atoms with Crippen LogP contribution in [0.1, 0.15) is 31.7 Å². The Labute approximate surface area is 119 Å². The van der Waals surface area contributed by atoms with E-state index in [9.17, 15) is 0 Å². The maximum Gasteiger partial charge on any atom is 0.101 e. The molecule has 1 aliphatic carbocycles. The molecule has 0 bridgehead atoms. The van der Waals surface area contributed by atoms with Crippen LogP contribution in [0, 0.1) is 11.3 Å². The third-order valence-electron chi connectivity index (χ3n) is 4.10. The van der Waals surface area contributed by atoms with Crippen LogP contribution in [-0.2, 0) is 0 Å². The first kappa shape index (κ1) is 12.8. The number of nitriles is 1. The molecule has 1 aromatic carbocycles. The summed E-state index contributed by atoms with van der Waals surface area (Å²) in [5, 5.41) is 12.9. The molecule has 2 fully saturated rings. The normalized spacial score (nSPS) is 27.2. The molecular weight excluding hydrogens is 258 g/mol. The van der Waals surface area contributed by atoms with Crippen molar-refractivity contribution >= 4 is 17.3 Å². The molecule has 19 heavy (non-hydrogen) atoms. The fraction of sp³-hybridized carbons (Fsp3) is 0.533. The maximum absolute atomic E-state index is 8.87. The first-order chi connectivity index (χ1) is 9.17. The third kappa shape index (κ3) is 2.70. The summed E-state index contributed by atoms with van der Waals surface area (Å²) in [5.41, 5.74) is 1.55. The summed E-state index contributed by atoms with van der Waals surface area (Å²) >= 11 is 6.06. The van der Waals surface area contributed by atoms with Gasteiger partial charge in [-0.2, -0.15) is 5.26 Å². The van der Waals surface area contributed by atoms with E-state index in [1.54, 1.807) is 6.07 Å². The predicted molar refractivity (Wildman–Crippen MR) is 77.4 cm³/mol. The molecule has 4 heteroatoms. The average Bonchev–Trinajstić information content (AvgIpc) is 3.15. The summed E-state index contributed by atoms with van der Waals surface area (Å²) in [6.07, 6.45) is 3.90. The van der Waals surface area contributed by atoms with Crippen LogP contribution in [0.4, 0.5) is 5.69 Å². The quantitative estimate of drug-likeness (QED) is 0.920. The molecule has 1 N–H and O–H groups in total. The highest BCUT2D eigenvalue weighted by atomic mass is 35.5. The Morgan fingerprint density at radius 3 is 2.84 bits per heavy atom. The van der Waals surface area contributed by atoms with Gasteiger partial charge in [0, 0.05) is 30.4 Å². The number of nitrogens with one attached hydrogen (secondary N) is 1. The molecule has 2 atom stereocenters. The van der Waals surface area contributed by atoms with E-state index in [2.05, 4.69) is 23.2 Å². The Morgan fingerprint density at radius 1 is 1.42 bits per heavy atom. The number of hydrogen-bond acceptors (Lipinski definition) is 3. The van der Waals surface area contributed by atoms with E-state index in [1.807, 2.05) is 12.1 Å². The van der Waals surface area contributed by atoms with Crippen LogP contribution in [0.2, 0.25) is 5.02 Å². The highest BCUT2D eigenvalue weighted by molar-refractivity contribution is 6.32. The summed E-state index contributed by atoms with van der Waals surface area (Å²) in [4.78, 5) is 2.61. The summed E-state index contributed by atoms with van der Waals surface area (Å²) < 4.78 is 0. The molecule has 1 aromatic rings. The number of benzene rings is 1. The minimum Gasteiger partial charge on any atom is -0.381 e. The SMILES string of the molecule is CC1CC(Nc2ccc(C#N)c(Cl)c2)CN1C1CC1. The number of rotatable bonds is 3. The summed E-state index contributed by atoms with van der Waals surface area (Å²) in [6.45, 7) is 3.43. The zero-order valence-electron chi connectivity index (χ0n) is 11.1. The monoisotopic (exact) mass is 275 g/mol. The van der Waals surface area contributed by atoms with Crippen LogP contribution >= 0.6 is 11.6 Å². The number of halogens is 1. The van der Waals surface area contributed by atoms with Crippen molar-refractivity contribution in [2.24, 2.45) is 0 Å². The molecule has 3 rings (SSSR count). The average molecular weight is 276 g/mol. The predicted octanol–water partition coefficient (Wildman–Crippen LogP) is 3.25. The first-order valence-corrected chi connectivity index (χ1v) is 7.27. The van der Waals surface area contributed by atoms with E-state index in [0.29, 0.717) is 22.7 Å². The second-order valence-electron chi connectivity index (χ2n) is 5.66. The van der Waals surface area contributed by atoms with E-state index in [1.165, 1.54) is 19.3 Å². The van der Waals surface area contributed by atoms with Crippen LogP contribution in [0.25, 0.3) is 0 Å². The van der Waals surface area contributed by atoms with E-state index in [4.69, 9.17) is 16.9 Å². The number of likely N-dealkylation sites (tertiary alicyclic amines) is 1. The topological polar surface area (TPSA) is 39.1 Å². The zero-order valence-corrected chi connectivity index (χ0v) is 11.8. The van der Waals surface area contributed by atoms with Crippen molar-refractivity contribution in [1.82, 2.24) is 4.90 Å². The standard InChI is InChI=1S/C15H18ClN3/c1-10-6-13(9-19(10)14-4-5-14)18-12-3-2-11(8-17)15(16)7-12/h2-3,7,10,13-14,18H,4-6,9H2,1H3.